The zero-order chi connectivity index (χ0) is 24.4. The molecule has 2 N–H and O–H groups in total. The van der Waals surface area contributed by atoms with Gasteiger partial charge in [0.15, 0.2) is 11.5 Å². The number of aromatic nitrogens is 1. The fourth-order valence-electron chi connectivity index (χ4n) is 4.96. The molecule has 9 heteroatoms. The summed E-state index contributed by atoms with van der Waals surface area (Å²) in [5, 5.41) is 5.80. The van der Waals surface area contributed by atoms with Crippen molar-refractivity contribution in [2.24, 2.45) is 11.8 Å². The third kappa shape index (κ3) is 4.73. The third-order valence-electron chi connectivity index (χ3n) is 6.65. The molecule has 2 aliphatic heterocycles. The summed E-state index contributed by atoms with van der Waals surface area (Å²) in [6, 6.07) is 9.48. The molecule has 2 aliphatic rings. The third-order valence-corrected chi connectivity index (χ3v) is 6.65. The van der Waals surface area contributed by atoms with E-state index in [-0.39, 0.29) is 35.3 Å². The van der Waals surface area contributed by atoms with Crippen molar-refractivity contribution in [3.05, 3.63) is 52.4 Å². The number of benzene rings is 1. The number of likely N-dealkylation sites (tertiary alicyclic amines) is 1. The molecule has 34 heavy (non-hydrogen) atoms. The van der Waals surface area contributed by atoms with Crippen LogP contribution in [-0.4, -0.2) is 54.8 Å². The van der Waals surface area contributed by atoms with Gasteiger partial charge in [-0.05, 0) is 36.5 Å². The summed E-state index contributed by atoms with van der Waals surface area (Å²) in [5.74, 6) is 0.983. The van der Waals surface area contributed by atoms with Gasteiger partial charge in [0.05, 0.1) is 14.2 Å². The normalized spacial score (nSPS) is 19.7. The Balaban J connectivity index is 1.44. The van der Waals surface area contributed by atoms with Crippen LogP contribution in [0.1, 0.15) is 31.9 Å². The van der Waals surface area contributed by atoms with Crippen molar-refractivity contribution in [1.29, 1.82) is 0 Å². The number of carbonyl (C=O) groups is 2. The van der Waals surface area contributed by atoms with Gasteiger partial charge < -0.3 is 29.6 Å². The summed E-state index contributed by atoms with van der Waals surface area (Å²) < 4.78 is 12.4. The lowest BCUT2D eigenvalue weighted by molar-refractivity contribution is -0.118. The minimum atomic E-state index is -0.711. The van der Waals surface area contributed by atoms with Gasteiger partial charge in [-0.15, -0.1) is 0 Å². The SMILES string of the molecule is COc1ccc(NC(=O)[C@@H](NC(=O)N2C[C@H]3C[C@@H](C2)c2cccc(=O)n2C3)C(C)C)cc1OC. The number of rotatable bonds is 6. The number of methoxy groups -OCH3 is 2. The maximum atomic E-state index is 13.2. The van der Waals surface area contributed by atoms with Crippen molar-refractivity contribution in [1.82, 2.24) is 14.8 Å². The van der Waals surface area contributed by atoms with Crippen molar-refractivity contribution >= 4 is 17.6 Å². The number of pyridine rings is 1. The fraction of sp³-hybridized carbons (Fsp3) is 0.480. The summed E-state index contributed by atoms with van der Waals surface area (Å²) in [7, 11) is 3.08. The van der Waals surface area contributed by atoms with Crippen molar-refractivity contribution in [3.63, 3.8) is 0 Å². The van der Waals surface area contributed by atoms with Crippen molar-refractivity contribution < 1.29 is 19.1 Å². The summed E-state index contributed by atoms with van der Waals surface area (Å²) in [4.78, 5) is 40.3. The highest BCUT2D eigenvalue weighted by atomic mass is 16.5. The van der Waals surface area contributed by atoms with Crippen LogP contribution >= 0.6 is 0 Å². The summed E-state index contributed by atoms with van der Waals surface area (Å²) in [6.07, 6.45) is 0.959. The number of hydrogen-bond acceptors (Lipinski definition) is 5. The maximum Gasteiger partial charge on any atom is 0.318 e. The minimum absolute atomic E-state index is 0.0109. The van der Waals surface area contributed by atoms with Gasteiger partial charge in [-0.25, -0.2) is 4.79 Å². The van der Waals surface area contributed by atoms with Gasteiger partial charge in [0.1, 0.15) is 6.04 Å². The van der Waals surface area contributed by atoms with E-state index in [0.717, 1.165) is 12.1 Å². The van der Waals surface area contributed by atoms with Crippen LogP contribution in [0.15, 0.2) is 41.2 Å². The quantitative estimate of drug-likeness (QED) is 0.679. The molecule has 1 saturated heterocycles. The number of carbonyl (C=O) groups excluding carboxylic acids is 2. The molecular weight excluding hydrogens is 436 g/mol. The zero-order valence-electron chi connectivity index (χ0n) is 20.0. The van der Waals surface area contributed by atoms with Gasteiger partial charge >= 0.3 is 6.03 Å². The molecule has 4 rings (SSSR count). The van der Waals surface area contributed by atoms with Crippen LogP contribution in [0.25, 0.3) is 0 Å². The van der Waals surface area contributed by atoms with E-state index in [9.17, 15) is 14.4 Å². The van der Waals surface area contributed by atoms with Crippen LogP contribution in [0.3, 0.4) is 0 Å². The standard InChI is InChI=1S/C25H32N4O5/c1-15(2)23(24(31)26-18-8-9-20(33-3)21(11-18)34-4)27-25(32)28-12-16-10-17(14-28)19-6-5-7-22(30)29(19)13-16/h5-9,11,15-17,23H,10,12-14H2,1-4H3,(H,26,31)(H,27,32)/t16-,17+,23+/m1/s1. The lowest BCUT2D eigenvalue weighted by Crippen LogP contribution is -2.56. The Bertz CT molecular complexity index is 1130. The molecule has 0 radical (unpaired) electrons. The van der Waals surface area contributed by atoms with Crippen molar-refractivity contribution in [2.75, 3.05) is 32.6 Å². The Morgan fingerprint density at radius 3 is 2.50 bits per heavy atom. The minimum Gasteiger partial charge on any atom is -0.493 e. The van der Waals surface area contributed by atoms with Crippen LogP contribution < -0.4 is 25.7 Å². The van der Waals surface area contributed by atoms with E-state index in [0.29, 0.717) is 36.8 Å². The predicted octanol–water partition coefficient (Wildman–Crippen LogP) is 2.66. The zero-order valence-corrected chi connectivity index (χ0v) is 20.0. The van der Waals surface area contributed by atoms with Gasteiger partial charge in [0.25, 0.3) is 5.56 Å². The van der Waals surface area contributed by atoms with Gasteiger partial charge in [0, 0.05) is 49.1 Å². The van der Waals surface area contributed by atoms with E-state index in [4.69, 9.17) is 9.47 Å². The number of nitrogens with one attached hydrogen (secondary N) is 2. The average molecular weight is 469 g/mol. The second-order valence-corrected chi connectivity index (χ2v) is 9.33. The Morgan fingerprint density at radius 1 is 1.03 bits per heavy atom. The first-order chi connectivity index (χ1) is 16.3. The highest BCUT2D eigenvalue weighted by Gasteiger charge is 2.37. The van der Waals surface area contributed by atoms with Crippen molar-refractivity contribution in [3.8, 4) is 11.5 Å². The monoisotopic (exact) mass is 468 g/mol. The summed E-state index contributed by atoms with van der Waals surface area (Å²) >= 11 is 0. The van der Waals surface area contributed by atoms with Crippen LogP contribution in [0, 0.1) is 11.8 Å². The smallest absolute Gasteiger partial charge is 0.318 e. The lowest BCUT2D eigenvalue weighted by Gasteiger charge is -2.43. The summed E-state index contributed by atoms with van der Waals surface area (Å²) in [6.45, 7) is 5.49. The van der Waals surface area contributed by atoms with Crippen LogP contribution in [-0.2, 0) is 11.3 Å². The molecule has 182 valence electrons. The fourth-order valence-corrected chi connectivity index (χ4v) is 4.96. The van der Waals surface area contributed by atoms with Gasteiger partial charge in [-0.1, -0.05) is 19.9 Å². The van der Waals surface area contributed by atoms with E-state index < -0.39 is 6.04 Å². The molecule has 1 fully saturated rings. The van der Waals surface area contributed by atoms with Gasteiger partial charge in [-0.3, -0.25) is 9.59 Å². The average Bonchev–Trinajstić information content (AvgIpc) is 2.82. The number of ether oxygens (including phenoxy) is 2. The molecule has 3 atom stereocenters. The van der Waals surface area contributed by atoms with Crippen molar-refractivity contribution in [2.45, 2.75) is 38.8 Å². The Labute approximate surface area is 199 Å². The first-order valence-corrected chi connectivity index (χ1v) is 11.6. The van der Waals surface area contributed by atoms with E-state index in [2.05, 4.69) is 10.6 Å². The number of nitrogens with zero attached hydrogens (tertiary/aromatic N) is 2. The molecule has 0 unspecified atom stereocenters. The Hall–Kier alpha value is -3.49. The molecule has 0 aliphatic carbocycles. The van der Waals surface area contributed by atoms with E-state index in [1.807, 2.05) is 24.5 Å². The Morgan fingerprint density at radius 2 is 1.79 bits per heavy atom. The number of amides is 3. The molecular formula is C25H32N4O5. The molecule has 2 aromatic rings. The van der Waals surface area contributed by atoms with Gasteiger partial charge in [0.2, 0.25) is 5.91 Å². The first kappa shape index (κ1) is 23.7. The molecule has 2 bridgehead atoms. The highest BCUT2D eigenvalue weighted by molar-refractivity contribution is 5.97. The second-order valence-electron chi connectivity index (χ2n) is 9.33. The molecule has 0 spiro atoms. The largest absolute Gasteiger partial charge is 0.493 e. The molecule has 3 heterocycles. The van der Waals surface area contributed by atoms with Crippen LogP contribution in [0.5, 0.6) is 11.5 Å². The Kier molecular flexibility index (Phi) is 6.81. The number of urea groups is 1. The number of piperidine rings is 1. The molecule has 1 aromatic heterocycles. The first-order valence-electron chi connectivity index (χ1n) is 11.6. The van der Waals surface area contributed by atoms with Crippen LogP contribution in [0.2, 0.25) is 0 Å². The van der Waals surface area contributed by atoms with E-state index in [1.54, 1.807) is 42.3 Å². The highest BCUT2D eigenvalue weighted by Crippen LogP contribution is 2.35. The summed E-state index contributed by atoms with van der Waals surface area (Å²) in [5.41, 5.74) is 1.54. The van der Waals surface area contributed by atoms with Crippen LogP contribution in [0.4, 0.5) is 10.5 Å². The van der Waals surface area contributed by atoms with E-state index >= 15 is 0 Å². The number of anilines is 1. The molecule has 9 nitrogen and oxygen atoms in total. The topological polar surface area (TPSA) is 102 Å². The lowest BCUT2D eigenvalue weighted by atomic mass is 9.83. The maximum absolute atomic E-state index is 13.2. The molecule has 3 amide bonds. The van der Waals surface area contributed by atoms with E-state index in [1.165, 1.54) is 7.11 Å². The van der Waals surface area contributed by atoms with Gasteiger partial charge in [-0.2, -0.15) is 0 Å². The number of fused-ring (bicyclic) bond motifs is 4. The molecule has 0 saturated carbocycles. The molecule has 1 aromatic carbocycles. The predicted molar refractivity (Wildman–Crippen MR) is 128 cm³/mol. The number of hydrogen-bond donors (Lipinski definition) is 2. The second kappa shape index (κ2) is 9.79.